The summed E-state index contributed by atoms with van der Waals surface area (Å²) in [6, 6.07) is 9.58. The van der Waals surface area contributed by atoms with E-state index in [2.05, 4.69) is 10.6 Å². The summed E-state index contributed by atoms with van der Waals surface area (Å²) in [6.07, 6.45) is -3.61. The zero-order chi connectivity index (χ0) is 17.2. The molecule has 3 rings (SSSR count). The molecule has 1 aliphatic heterocycles. The van der Waals surface area contributed by atoms with E-state index in [1.165, 1.54) is 12.1 Å². The van der Waals surface area contributed by atoms with Crippen molar-refractivity contribution in [1.82, 2.24) is 5.32 Å². The largest absolute Gasteiger partial charge is 0.493 e. The molecule has 0 unspecified atom stereocenters. The molecule has 126 valence electrons. The molecule has 2 amide bonds. The molecule has 0 aromatic heterocycles. The van der Waals surface area contributed by atoms with Crippen LogP contribution in [-0.2, 0) is 19.1 Å². The molecular formula is C17H15F3N2O2. The SMILES string of the molecule is O=C(NCc1ccc2c(c1)CCO2)Nc1cccc(C(F)(F)F)c1. The minimum atomic E-state index is -4.44. The lowest BCUT2D eigenvalue weighted by Crippen LogP contribution is -2.28. The van der Waals surface area contributed by atoms with Crippen molar-refractivity contribution in [3.63, 3.8) is 0 Å². The molecule has 2 N–H and O–H groups in total. The maximum atomic E-state index is 12.6. The molecule has 2 aromatic carbocycles. The molecule has 1 heterocycles. The second kappa shape index (κ2) is 6.43. The fourth-order valence-electron chi connectivity index (χ4n) is 2.48. The number of urea groups is 1. The van der Waals surface area contributed by atoms with Gasteiger partial charge in [-0.2, -0.15) is 13.2 Å². The molecule has 7 heteroatoms. The number of nitrogens with one attached hydrogen (secondary N) is 2. The van der Waals surface area contributed by atoms with Gasteiger partial charge < -0.3 is 15.4 Å². The quantitative estimate of drug-likeness (QED) is 0.891. The normalized spacial score (nSPS) is 13.1. The van der Waals surface area contributed by atoms with Crippen LogP contribution in [0.15, 0.2) is 42.5 Å². The van der Waals surface area contributed by atoms with Gasteiger partial charge in [0, 0.05) is 18.7 Å². The average Bonchev–Trinajstić information content (AvgIpc) is 3.00. The van der Waals surface area contributed by atoms with E-state index in [0.717, 1.165) is 35.4 Å². The highest BCUT2D eigenvalue weighted by molar-refractivity contribution is 5.89. The minimum absolute atomic E-state index is 0.0877. The summed E-state index contributed by atoms with van der Waals surface area (Å²) in [5.74, 6) is 0.854. The van der Waals surface area contributed by atoms with E-state index >= 15 is 0 Å². The number of halogens is 3. The van der Waals surface area contributed by atoms with Gasteiger partial charge in [0.2, 0.25) is 0 Å². The number of amides is 2. The fraction of sp³-hybridized carbons (Fsp3) is 0.235. The molecule has 2 aromatic rings. The van der Waals surface area contributed by atoms with Crippen LogP contribution in [0.4, 0.5) is 23.7 Å². The van der Waals surface area contributed by atoms with Gasteiger partial charge in [-0.15, -0.1) is 0 Å². The van der Waals surface area contributed by atoms with Gasteiger partial charge in [-0.05, 0) is 35.4 Å². The zero-order valence-electron chi connectivity index (χ0n) is 12.6. The number of carbonyl (C=O) groups excluding carboxylic acids is 1. The van der Waals surface area contributed by atoms with Crippen molar-refractivity contribution in [3.8, 4) is 5.75 Å². The summed E-state index contributed by atoms with van der Waals surface area (Å²) >= 11 is 0. The molecule has 4 nitrogen and oxygen atoms in total. The molecule has 0 spiro atoms. The van der Waals surface area contributed by atoms with Crippen LogP contribution in [0, 0.1) is 0 Å². The minimum Gasteiger partial charge on any atom is -0.493 e. The predicted octanol–water partition coefficient (Wildman–Crippen LogP) is 3.96. The lowest BCUT2D eigenvalue weighted by molar-refractivity contribution is -0.137. The lowest BCUT2D eigenvalue weighted by Gasteiger charge is -2.11. The Balaban J connectivity index is 1.58. The van der Waals surface area contributed by atoms with Crippen LogP contribution in [0.25, 0.3) is 0 Å². The van der Waals surface area contributed by atoms with Gasteiger partial charge in [0.25, 0.3) is 0 Å². The molecule has 0 saturated heterocycles. The number of anilines is 1. The van der Waals surface area contributed by atoms with E-state index in [1.54, 1.807) is 0 Å². The predicted molar refractivity (Wildman–Crippen MR) is 82.9 cm³/mol. The zero-order valence-corrected chi connectivity index (χ0v) is 12.6. The molecule has 0 bridgehead atoms. The Morgan fingerprint density at radius 1 is 1.17 bits per heavy atom. The molecule has 0 atom stereocenters. The third-order valence-electron chi connectivity index (χ3n) is 3.65. The number of hydrogen-bond donors (Lipinski definition) is 2. The van der Waals surface area contributed by atoms with Gasteiger partial charge in [0.15, 0.2) is 0 Å². The first-order valence-corrected chi connectivity index (χ1v) is 7.38. The number of hydrogen-bond acceptors (Lipinski definition) is 2. The maximum absolute atomic E-state index is 12.6. The fourth-order valence-corrected chi connectivity index (χ4v) is 2.48. The number of fused-ring (bicyclic) bond motifs is 1. The van der Waals surface area contributed by atoms with Gasteiger partial charge in [0.1, 0.15) is 5.75 Å². The first-order valence-electron chi connectivity index (χ1n) is 7.38. The smallest absolute Gasteiger partial charge is 0.416 e. The Kier molecular flexibility index (Phi) is 4.33. The molecule has 0 saturated carbocycles. The first-order chi connectivity index (χ1) is 11.4. The van der Waals surface area contributed by atoms with Crippen LogP contribution in [0.3, 0.4) is 0 Å². The standard InChI is InChI=1S/C17H15F3N2O2/c18-17(19,20)13-2-1-3-14(9-13)22-16(23)21-10-11-4-5-15-12(8-11)6-7-24-15/h1-5,8-9H,6-7,10H2,(H2,21,22,23). The second-order valence-corrected chi connectivity index (χ2v) is 5.43. The van der Waals surface area contributed by atoms with E-state index in [1.807, 2.05) is 18.2 Å². The van der Waals surface area contributed by atoms with E-state index in [9.17, 15) is 18.0 Å². The van der Waals surface area contributed by atoms with Crippen LogP contribution in [-0.4, -0.2) is 12.6 Å². The Hall–Kier alpha value is -2.70. The topological polar surface area (TPSA) is 50.4 Å². The summed E-state index contributed by atoms with van der Waals surface area (Å²) in [4.78, 5) is 11.9. The van der Waals surface area contributed by atoms with Crippen LogP contribution in [0.5, 0.6) is 5.75 Å². The Labute approximate surface area is 136 Å². The lowest BCUT2D eigenvalue weighted by atomic mass is 10.1. The van der Waals surface area contributed by atoms with E-state index < -0.39 is 17.8 Å². The highest BCUT2D eigenvalue weighted by atomic mass is 19.4. The van der Waals surface area contributed by atoms with E-state index in [0.29, 0.717) is 6.61 Å². The Bertz CT molecular complexity index is 760. The van der Waals surface area contributed by atoms with Crippen molar-refractivity contribution in [3.05, 3.63) is 59.2 Å². The summed E-state index contributed by atoms with van der Waals surface area (Å²) in [7, 11) is 0. The second-order valence-electron chi connectivity index (χ2n) is 5.43. The van der Waals surface area contributed by atoms with Gasteiger partial charge in [0.05, 0.1) is 12.2 Å². The molecule has 0 radical (unpaired) electrons. The third-order valence-corrected chi connectivity index (χ3v) is 3.65. The number of ether oxygens (including phenoxy) is 1. The van der Waals surface area contributed by atoms with Crippen molar-refractivity contribution >= 4 is 11.7 Å². The van der Waals surface area contributed by atoms with Crippen LogP contribution >= 0.6 is 0 Å². The molecule has 0 aliphatic carbocycles. The van der Waals surface area contributed by atoms with Crippen molar-refractivity contribution in [2.24, 2.45) is 0 Å². The van der Waals surface area contributed by atoms with Crippen molar-refractivity contribution in [1.29, 1.82) is 0 Å². The monoisotopic (exact) mass is 336 g/mol. The number of carbonyl (C=O) groups is 1. The maximum Gasteiger partial charge on any atom is 0.416 e. The highest BCUT2D eigenvalue weighted by Gasteiger charge is 2.30. The third kappa shape index (κ3) is 3.79. The Morgan fingerprint density at radius 2 is 2.00 bits per heavy atom. The number of benzene rings is 2. The van der Waals surface area contributed by atoms with Gasteiger partial charge in [-0.25, -0.2) is 4.79 Å². The first kappa shape index (κ1) is 16.2. The van der Waals surface area contributed by atoms with Gasteiger partial charge in [-0.1, -0.05) is 18.2 Å². The van der Waals surface area contributed by atoms with Crippen LogP contribution in [0.1, 0.15) is 16.7 Å². The molecular weight excluding hydrogens is 321 g/mol. The van der Waals surface area contributed by atoms with E-state index in [-0.39, 0.29) is 12.2 Å². The van der Waals surface area contributed by atoms with Crippen LogP contribution < -0.4 is 15.4 Å². The van der Waals surface area contributed by atoms with Crippen molar-refractivity contribution in [2.45, 2.75) is 19.1 Å². The summed E-state index contributed by atoms with van der Waals surface area (Å²) in [5, 5.41) is 5.03. The van der Waals surface area contributed by atoms with Crippen molar-refractivity contribution in [2.75, 3.05) is 11.9 Å². The van der Waals surface area contributed by atoms with Gasteiger partial charge in [-0.3, -0.25) is 0 Å². The van der Waals surface area contributed by atoms with E-state index in [4.69, 9.17) is 4.74 Å². The van der Waals surface area contributed by atoms with Crippen molar-refractivity contribution < 1.29 is 22.7 Å². The summed E-state index contributed by atoms with van der Waals surface area (Å²) in [6.45, 7) is 0.931. The summed E-state index contributed by atoms with van der Waals surface area (Å²) in [5.41, 5.74) is 1.27. The molecule has 1 aliphatic rings. The number of alkyl halides is 3. The molecule has 0 fully saturated rings. The highest BCUT2D eigenvalue weighted by Crippen LogP contribution is 2.30. The summed E-state index contributed by atoms with van der Waals surface area (Å²) < 4.78 is 43.3. The Morgan fingerprint density at radius 3 is 2.79 bits per heavy atom. The van der Waals surface area contributed by atoms with Crippen LogP contribution in [0.2, 0.25) is 0 Å². The number of rotatable bonds is 3. The van der Waals surface area contributed by atoms with Gasteiger partial charge >= 0.3 is 12.2 Å². The molecule has 24 heavy (non-hydrogen) atoms. The average molecular weight is 336 g/mol.